The van der Waals surface area contributed by atoms with Gasteiger partial charge in [0.15, 0.2) is 0 Å². The first-order valence-corrected chi connectivity index (χ1v) is 9.84. The Bertz CT molecular complexity index is 1060. The van der Waals surface area contributed by atoms with Crippen molar-refractivity contribution in [3.05, 3.63) is 64.6 Å². The molecule has 0 atom stereocenters. The van der Waals surface area contributed by atoms with Crippen LogP contribution in [0.25, 0.3) is 11.0 Å². The Labute approximate surface area is 169 Å². The largest absolute Gasteiger partial charge is 0.378 e. The zero-order valence-electron chi connectivity index (χ0n) is 16.9. The molecular weight excluding hydrogens is 368 g/mol. The number of carbonyl (C=O) groups is 1. The van der Waals surface area contributed by atoms with Crippen LogP contribution in [0.1, 0.15) is 5.56 Å². The van der Waals surface area contributed by atoms with Crippen molar-refractivity contribution in [2.45, 2.75) is 13.1 Å². The maximum absolute atomic E-state index is 12.8. The second kappa shape index (κ2) is 8.13. The minimum absolute atomic E-state index is 0.0303. The summed E-state index contributed by atoms with van der Waals surface area (Å²) in [5, 5.41) is 0. The van der Waals surface area contributed by atoms with Crippen LogP contribution in [-0.4, -0.2) is 53.3 Å². The van der Waals surface area contributed by atoms with Gasteiger partial charge in [0.05, 0.1) is 24.2 Å². The number of para-hydroxylation sites is 2. The normalized spacial score (nSPS) is 14.3. The fourth-order valence-corrected chi connectivity index (χ4v) is 3.77. The number of ether oxygens (including phenoxy) is 1. The van der Waals surface area contributed by atoms with Gasteiger partial charge in [-0.05, 0) is 29.8 Å². The summed E-state index contributed by atoms with van der Waals surface area (Å²) in [6.45, 7) is 3.85. The number of likely N-dealkylation sites (N-methyl/N-ethyl adjacent to an activating group) is 1. The molecular formula is C22H26N4O3. The smallest absolute Gasteiger partial charge is 0.329 e. The Balaban J connectivity index is 1.44. The lowest BCUT2D eigenvalue weighted by Crippen LogP contribution is -2.36. The van der Waals surface area contributed by atoms with Gasteiger partial charge in [-0.1, -0.05) is 24.3 Å². The summed E-state index contributed by atoms with van der Waals surface area (Å²) >= 11 is 0. The van der Waals surface area contributed by atoms with Crippen molar-refractivity contribution < 1.29 is 9.53 Å². The summed E-state index contributed by atoms with van der Waals surface area (Å²) in [7, 11) is 3.50. The SMILES string of the molecule is CN(Cc1ccc(N2CCOCC2)cc1)C(=O)Cn1c(=O)n(C)c2ccccc21. The van der Waals surface area contributed by atoms with Crippen LogP contribution in [0.5, 0.6) is 0 Å². The third-order valence-corrected chi connectivity index (χ3v) is 5.50. The Morgan fingerprint density at radius 1 is 1.03 bits per heavy atom. The Hall–Kier alpha value is -3.06. The lowest BCUT2D eigenvalue weighted by atomic mass is 10.1. The van der Waals surface area contributed by atoms with Crippen LogP contribution in [0.4, 0.5) is 5.69 Å². The molecule has 4 rings (SSSR count). The predicted octanol–water partition coefficient (Wildman–Crippen LogP) is 1.84. The number of fused-ring (bicyclic) bond motifs is 1. The van der Waals surface area contributed by atoms with E-state index in [0.717, 1.165) is 42.9 Å². The number of amides is 1. The molecule has 0 aliphatic carbocycles. The maximum Gasteiger partial charge on any atom is 0.329 e. The number of rotatable bonds is 5. The molecule has 0 radical (unpaired) electrons. The van der Waals surface area contributed by atoms with E-state index in [4.69, 9.17) is 4.74 Å². The molecule has 7 heteroatoms. The van der Waals surface area contributed by atoms with E-state index in [1.807, 2.05) is 24.3 Å². The number of morpholine rings is 1. The number of hydrogen-bond acceptors (Lipinski definition) is 4. The number of imidazole rings is 1. The molecule has 3 aromatic rings. The van der Waals surface area contributed by atoms with Crippen LogP contribution in [-0.2, 0) is 29.7 Å². The number of carbonyl (C=O) groups excluding carboxylic acids is 1. The van der Waals surface area contributed by atoms with E-state index in [1.165, 1.54) is 10.3 Å². The molecule has 0 spiro atoms. The van der Waals surface area contributed by atoms with Gasteiger partial charge in [-0.2, -0.15) is 0 Å². The van der Waals surface area contributed by atoms with E-state index < -0.39 is 0 Å². The lowest BCUT2D eigenvalue weighted by Gasteiger charge is -2.29. The summed E-state index contributed by atoms with van der Waals surface area (Å²) < 4.78 is 8.51. The molecule has 1 aliphatic heterocycles. The van der Waals surface area contributed by atoms with Crippen LogP contribution in [0.2, 0.25) is 0 Å². The van der Waals surface area contributed by atoms with Crippen molar-refractivity contribution >= 4 is 22.6 Å². The molecule has 1 fully saturated rings. The van der Waals surface area contributed by atoms with Crippen LogP contribution in [0.3, 0.4) is 0 Å². The first kappa shape index (κ1) is 19.3. The van der Waals surface area contributed by atoms with Gasteiger partial charge in [-0.25, -0.2) is 4.79 Å². The second-order valence-electron chi connectivity index (χ2n) is 7.43. The van der Waals surface area contributed by atoms with Crippen molar-refractivity contribution in [1.29, 1.82) is 0 Å². The number of aryl methyl sites for hydroxylation is 1. The number of nitrogens with zero attached hydrogens (tertiary/aromatic N) is 4. The molecule has 2 heterocycles. The molecule has 29 heavy (non-hydrogen) atoms. The number of aromatic nitrogens is 2. The highest BCUT2D eigenvalue weighted by Crippen LogP contribution is 2.18. The van der Waals surface area contributed by atoms with Crippen LogP contribution in [0.15, 0.2) is 53.3 Å². The molecule has 0 bridgehead atoms. The van der Waals surface area contributed by atoms with E-state index in [1.54, 1.807) is 23.6 Å². The summed E-state index contributed by atoms with van der Waals surface area (Å²) in [6, 6.07) is 15.8. The molecule has 1 aromatic heterocycles. The van der Waals surface area contributed by atoms with Gasteiger partial charge in [-0.15, -0.1) is 0 Å². The van der Waals surface area contributed by atoms with Crippen molar-refractivity contribution in [1.82, 2.24) is 14.0 Å². The predicted molar refractivity (Wildman–Crippen MR) is 113 cm³/mol. The van der Waals surface area contributed by atoms with Gasteiger partial charge >= 0.3 is 5.69 Å². The summed E-state index contributed by atoms with van der Waals surface area (Å²) in [5.41, 5.74) is 3.66. The Morgan fingerprint density at radius 2 is 1.69 bits per heavy atom. The first-order valence-electron chi connectivity index (χ1n) is 9.84. The second-order valence-corrected chi connectivity index (χ2v) is 7.43. The summed E-state index contributed by atoms with van der Waals surface area (Å²) in [6.07, 6.45) is 0. The van der Waals surface area contributed by atoms with E-state index in [2.05, 4.69) is 29.2 Å². The first-order chi connectivity index (χ1) is 14.0. The van der Waals surface area contributed by atoms with Crippen molar-refractivity contribution in [2.24, 2.45) is 7.05 Å². The number of anilines is 1. The quantitative estimate of drug-likeness (QED) is 0.663. The molecule has 1 aliphatic rings. The molecule has 7 nitrogen and oxygen atoms in total. The molecule has 0 N–H and O–H groups in total. The molecule has 0 saturated carbocycles. The van der Waals surface area contributed by atoms with Crippen LogP contribution in [0, 0.1) is 0 Å². The average molecular weight is 394 g/mol. The highest BCUT2D eigenvalue weighted by Gasteiger charge is 2.16. The van der Waals surface area contributed by atoms with Crippen molar-refractivity contribution in [3.8, 4) is 0 Å². The molecule has 1 amide bonds. The van der Waals surface area contributed by atoms with E-state index >= 15 is 0 Å². The van der Waals surface area contributed by atoms with Gasteiger partial charge in [-0.3, -0.25) is 13.9 Å². The third kappa shape index (κ3) is 3.91. The molecule has 2 aromatic carbocycles. The van der Waals surface area contributed by atoms with Gasteiger partial charge in [0.25, 0.3) is 0 Å². The zero-order chi connectivity index (χ0) is 20.4. The summed E-state index contributed by atoms with van der Waals surface area (Å²) in [5.74, 6) is -0.0966. The van der Waals surface area contributed by atoms with Gasteiger partial charge in [0.2, 0.25) is 5.91 Å². The van der Waals surface area contributed by atoms with Gasteiger partial charge < -0.3 is 14.5 Å². The van der Waals surface area contributed by atoms with E-state index in [0.29, 0.717) is 6.54 Å². The fourth-order valence-electron chi connectivity index (χ4n) is 3.77. The zero-order valence-corrected chi connectivity index (χ0v) is 16.9. The average Bonchev–Trinajstić information content (AvgIpc) is 3.00. The molecule has 1 saturated heterocycles. The van der Waals surface area contributed by atoms with Crippen molar-refractivity contribution in [3.63, 3.8) is 0 Å². The maximum atomic E-state index is 12.8. The van der Waals surface area contributed by atoms with Gasteiger partial charge in [0, 0.05) is 39.4 Å². The number of benzene rings is 2. The van der Waals surface area contributed by atoms with Crippen LogP contribution < -0.4 is 10.6 Å². The minimum Gasteiger partial charge on any atom is -0.378 e. The molecule has 0 unspecified atom stereocenters. The Kier molecular flexibility index (Phi) is 5.40. The fraction of sp³-hybridized carbons (Fsp3) is 0.364. The highest BCUT2D eigenvalue weighted by molar-refractivity contribution is 5.80. The topological polar surface area (TPSA) is 59.7 Å². The van der Waals surface area contributed by atoms with Crippen LogP contribution >= 0.6 is 0 Å². The van der Waals surface area contributed by atoms with Crippen molar-refractivity contribution in [2.75, 3.05) is 38.3 Å². The Morgan fingerprint density at radius 3 is 2.38 bits per heavy atom. The van der Waals surface area contributed by atoms with E-state index in [-0.39, 0.29) is 18.1 Å². The minimum atomic E-state index is -0.178. The standard InChI is InChI=1S/C22H26N4O3/c1-23(15-17-7-9-18(10-8-17)25-11-13-29-14-12-25)21(27)16-26-20-6-4-3-5-19(20)24(2)22(26)28/h3-10H,11-16H2,1-2H3. The lowest BCUT2D eigenvalue weighted by molar-refractivity contribution is -0.131. The molecule has 152 valence electrons. The van der Waals surface area contributed by atoms with Gasteiger partial charge in [0.1, 0.15) is 6.54 Å². The third-order valence-electron chi connectivity index (χ3n) is 5.50. The van der Waals surface area contributed by atoms with E-state index in [9.17, 15) is 9.59 Å². The monoisotopic (exact) mass is 394 g/mol. The highest BCUT2D eigenvalue weighted by atomic mass is 16.5. The number of hydrogen-bond donors (Lipinski definition) is 0. The summed E-state index contributed by atoms with van der Waals surface area (Å²) in [4.78, 5) is 29.3.